The van der Waals surface area contributed by atoms with Crippen molar-refractivity contribution in [2.45, 2.75) is 6.04 Å². The molecule has 6 nitrogen and oxygen atoms in total. The van der Waals surface area contributed by atoms with Crippen molar-refractivity contribution in [3.05, 3.63) is 35.5 Å². The zero-order chi connectivity index (χ0) is 15.1. The van der Waals surface area contributed by atoms with Crippen LogP contribution in [0.5, 0.6) is 0 Å². The van der Waals surface area contributed by atoms with Crippen molar-refractivity contribution in [1.29, 1.82) is 0 Å². The quantitative estimate of drug-likeness (QED) is 0.690. The second kappa shape index (κ2) is 5.19. The minimum atomic E-state index is -0.466. The minimum absolute atomic E-state index is 0.191. The van der Waals surface area contributed by atoms with E-state index in [1.54, 1.807) is 18.5 Å². The van der Waals surface area contributed by atoms with Gasteiger partial charge in [0.25, 0.3) is 0 Å². The van der Waals surface area contributed by atoms with E-state index in [0.717, 1.165) is 24.0 Å². The number of hydrogen-bond acceptors (Lipinski definition) is 5. The molecule has 112 valence electrons. The lowest BCUT2D eigenvalue weighted by Crippen LogP contribution is -2.51. The number of hydrogen-bond donors (Lipinski definition) is 3. The summed E-state index contributed by atoms with van der Waals surface area (Å²) >= 11 is 5.99. The zero-order valence-corrected chi connectivity index (χ0v) is 12.2. The van der Waals surface area contributed by atoms with Gasteiger partial charge in [0.15, 0.2) is 17.5 Å². The number of halogens is 2. The highest BCUT2D eigenvalue weighted by Crippen LogP contribution is 2.28. The molecular formula is C14H12ClFN6. The van der Waals surface area contributed by atoms with E-state index < -0.39 is 5.82 Å². The summed E-state index contributed by atoms with van der Waals surface area (Å²) in [4.78, 5) is 15.6. The molecule has 0 aromatic carbocycles. The van der Waals surface area contributed by atoms with Crippen molar-refractivity contribution in [2.75, 3.05) is 18.4 Å². The first kappa shape index (κ1) is 13.4. The Bertz CT molecular complexity index is 844. The van der Waals surface area contributed by atoms with Crippen LogP contribution in [0, 0.1) is 5.82 Å². The Morgan fingerprint density at radius 2 is 2.14 bits per heavy atom. The molecule has 3 N–H and O–H groups in total. The Balaban J connectivity index is 1.77. The average molecular weight is 319 g/mol. The molecule has 0 atom stereocenters. The van der Waals surface area contributed by atoms with Crippen LogP contribution in [0.1, 0.15) is 0 Å². The standard InChI is InChI=1S/C14H12ClFN6/c15-7-1-9-10(5-19-12(9)18-2-7)13-20-6-11(16)14(22-13)21-8-3-17-4-8/h1-2,5-6,8,17H,3-4H2,(H,18,19)(H,20,21,22). The molecule has 22 heavy (non-hydrogen) atoms. The van der Waals surface area contributed by atoms with Crippen molar-refractivity contribution in [2.24, 2.45) is 0 Å². The lowest BCUT2D eigenvalue weighted by Gasteiger charge is -2.28. The normalized spacial score (nSPS) is 15.0. The molecule has 0 bridgehead atoms. The highest BCUT2D eigenvalue weighted by atomic mass is 35.5. The number of anilines is 1. The van der Waals surface area contributed by atoms with Crippen LogP contribution in [0.25, 0.3) is 22.4 Å². The van der Waals surface area contributed by atoms with Crippen molar-refractivity contribution < 1.29 is 4.39 Å². The molecule has 1 saturated heterocycles. The highest BCUT2D eigenvalue weighted by Gasteiger charge is 2.20. The molecule has 0 aliphatic carbocycles. The van der Waals surface area contributed by atoms with E-state index in [9.17, 15) is 4.39 Å². The number of fused-ring (bicyclic) bond motifs is 1. The predicted molar refractivity (Wildman–Crippen MR) is 82.4 cm³/mol. The molecule has 4 heterocycles. The number of pyridine rings is 1. The van der Waals surface area contributed by atoms with Gasteiger partial charge in [0.2, 0.25) is 0 Å². The molecule has 0 unspecified atom stereocenters. The molecule has 3 aromatic heterocycles. The molecule has 0 spiro atoms. The molecule has 1 aliphatic heterocycles. The molecule has 1 fully saturated rings. The molecule has 8 heteroatoms. The fourth-order valence-electron chi connectivity index (χ4n) is 2.35. The summed E-state index contributed by atoms with van der Waals surface area (Å²) in [6.07, 6.45) is 4.48. The van der Waals surface area contributed by atoms with E-state index in [0.29, 0.717) is 16.5 Å². The van der Waals surface area contributed by atoms with E-state index in [4.69, 9.17) is 11.6 Å². The molecule has 4 rings (SSSR count). The summed E-state index contributed by atoms with van der Waals surface area (Å²) in [7, 11) is 0. The van der Waals surface area contributed by atoms with Crippen LogP contribution in [0.2, 0.25) is 5.02 Å². The maximum Gasteiger partial charge on any atom is 0.183 e. The van der Waals surface area contributed by atoms with Gasteiger partial charge in [-0.1, -0.05) is 11.6 Å². The summed E-state index contributed by atoms with van der Waals surface area (Å²) in [5.41, 5.74) is 1.42. The number of aromatic nitrogens is 4. The molecule has 1 aliphatic rings. The Morgan fingerprint density at radius 3 is 2.91 bits per heavy atom. The third-order valence-electron chi connectivity index (χ3n) is 3.61. The average Bonchev–Trinajstić information content (AvgIpc) is 2.87. The van der Waals surface area contributed by atoms with Crippen molar-refractivity contribution in [3.63, 3.8) is 0 Å². The lowest BCUT2D eigenvalue weighted by molar-refractivity contribution is 0.467. The van der Waals surface area contributed by atoms with Gasteiger partial charge in [-0.25, -0.2) is 19.3 Å². The molecule has 0 radical (unpaired) electrons. The summed E-state index contributed by atoms with van der Waals surface area (Å²) in [6.45, 7) is 1.59. The van der Waals surface area contributed by atoms with E-state index in [2.05, 4.69) is 30.6 Å². The maximum absolute atomic E-state index is 13.9. The van der Waals surface area contributed by atoms with Crippen LogP contribution >= 0.6 is 11.6 Å². The van der Waals surface area contributed by atoms with Crippen LogP contribution in [0.3, 0.4) is 0 Å². The monoisotopic (exact) mass is 318 g/mol. The lowest BCUT2D eigenvalue weighted by atomic mass is 10.2. The fourth-order valence-corrected chi connectivity index (χ4v) is 2.50. The fraction of sp³-hybridized carbons (Fsp3) is 0.214. The molecule has 3 aromatic rings. The van der Waals surface area contributed by atoms with Crippen LogP contribution in [-0.2, 0) is 0 Å². The van der Waals surface area contributed by atoms with Crippen LogP contribution in [0.15, 0.2) is 24.7 Å². The number of nitrogens with one attached hydrogen (secondary N) is 3. The Kier molecular flexibility index (Phi) is 3.16. The first-order chi connectivity index (χ1) is 10.7. The van der Waals surface area contributed by atoms with Gasteiger partial charge in [-0.3, -0.25) is 0 Å². The van der Waals surface area contributed by atoms with Gasteiger partial charge in [-0.2, -0.15) is 0 Å². The smallest absolute Gasteiger partial charge is 0.183 e. The molecular weight excluding hydrogens is 307 g/mol. The first-order valence-electron chi connectivity index (χ1n) is 6.83. The third kappa shape index (κ3) is 2.28. The Morgan fingerprint density at radius 1 is 1.27 bits per heavy atom. The van der Waals surface area contributed by atoms with Gasteiger partial charge in [-0.15, -0.1) is 0 Å². The molecule has 0 amide bonds. The minimum Gasteiger partial charge on any atom is -0.362 e. The van der Waals surface area contributed by atoms with E-state index in [1.807, 2.05) is 0 Å². The Labute approximate surface area is 130 Å². The summed E-state index contributed by atoms with van der Waals surface area (Å²) in [5, 5.41) is 7.51. The van der Waals surface area contributed by atoms with E-state index >= 15 is 0 Å². The third-order valence-corrected chi connectivity index (χ3v) is 3.81. The second-order valence-corrected chi connectivity index (χ2v) is 5.58. The van der Waals surface area contributed by atoms with Gasteiger partial charge in [-0.05, 0) is 6.07 Å². The highest BCUT2D eigenvalue weighted by molar-refractivity contribution is 6.31. The SMILES string of the molecule is Fc1cnc(-c2c[nH]c3ncc(Cl)cc23)nc1NC1CNC1. The number of aromatic amines is 1. The van der Waals surface area contributed by atoms with Gasteiger partial charge >= 0.3 is 0 Å². The van der Waals surface area contributed by atoms with E-state index in [1.165, 1.54) is 6.20 Å². The van der Waals surface area contributed by atoms with Crippen molar-refractivity contribution >= 4 is 28.5 Å². The van der Waals surface area contributed by atoms with Gasteiger partial charge < -0.3 is 15.6 Å². The summed E-state index contributed by atoms with van der Waals surface area (Å²) in [6, 6.07) is 1.97. The van der Waals surface area contributed by atoms with E-state index in [-0.39, 0.29) is 11.9 Å². The summed E-state index contributed by atoms with van der Waals surface area (Å²) in [5.74, 6) is 0.166. The van der Waals surface area contributed by atoms with Gasteiger partial charge in [0, 0.05) is 36.4 Å². The largest absolute Gasteiger partial charge is 0.362 e. The maximum atomic E-state index is 13.9. The second-order valence-electron chi connectivity index (χ2n) is 5.14. The number of nitrogens with zero attached hydrogens (tertiary/aromatic N) is 3. The van der Waals surface area contributed by atoms with Crippen LogP contribution in [0.4, 0.5) is 10.2 Å². The Hall–Kier alpha value is -2.25. The first-order valence-corrected chi connectivity index (χ1v) is 7.21. The molecule has 0 saturated carbocycles. The van der Waals surface area contributed by atoms with Gasteiger partial charge in [0.05, 0.1) is 17.3 Å². The predicted octanol–water partition coefficient (Wildman–Crippen LogP) is 2.20. The number of H-pyrrole nitrogens is 1. The van der Waals surface area contributed by atoms with Gasteiger partial charge in [0.1, 0.15) is 5.65 Å². The van der Waals surface area contributed by atoms with Crippen molar-refractivity contribution in [3.8, 4) is 11.4 Å². The number of rotatable bonds is 3. The summed E-state index contributed by atoms with van der Waals surface area (Å²) < 4.78 is 13.9. The van der Waals surface area contributed by atoms with Crippen LogP contribution < -0.4 is 10.6 Å². The topological polar surface area (TPSA) is 78.5 Å². The van der Waals surface area contributed by atoms with Crippen molar-refractivity contribution in [1.82, 2.24) is 25.3 Å². The van der Waals surface area contributed by atoms with Crippen LogP contribution in [-0.4, -0.2) is 39.1 Å². The zero-order valence-electron chi connectivity index (χ0n) is 11.4.